The number of rotatable bonds is 1. The molecule has 0 aliphatic heterocycles. The molecule has 0 amide bonds. The van der Waals surface area contributed by atoms with Crippen LogP contribution in [-0.4, -0.2) is 30.2 Å². The van der Waals surface area contributed by atoms with Gasteiger partial charge in [-0.25, -0.2) is 0 Å². The fourth-order valence-electron chi connectivity index (χ4n) is 0.625. The van der Waals surface area contributed by atoms with Crippen molar-refractivity contribution < 1.29 is 19.6 Å². The fraction of sp³-hybridized carbons (Fsp3) is 0.222. The highest BCUT2D eigenvalue weighted by Crippen LogP contribution is 1.82. The Balaban J connectivity index is 0.000000292. The van der Waals surface area contributed by atoms with Gasteiger partial charge in [-0.05, 0) is 5.46 Å². The molecule has 0 fully saturated rings. The van der Waals surface area contributed by atoms with Crippen LogP contribution < -0.4 is 5.46 Å². The van der Waals surface area contributed by atoms with Crippen LogP contribution in [0.1, 0.15) is 6.92 Å². The monoisotopic (exact) mass is 196 g/mol. The second-order valence-electron chi connectivity index (χ2n) is 2.48. The molecule has 76 valence electrons. The number of carbonyl (C=O) groups is 1. The third-order valence-electron chi connectivity index (χ3n) is 1.39. The van der Waals surface area contributed by atoms with Crippen LogP contribution in [0.25, 0.3) is 0 Å². The highest BCUT2D eigenvalue weighted by molar-refractivity contribution is 6.58. The molecule has 0 unspecified atom stereocenters. The summed E-state index contributed by atoms with van der Waals surface area (Å²) in [5.41, 5.74) is 0.525. The minimum atomic E-state index is -1.34. The number of hydrogen-bond acceptors (Lipinski definition) is 4. The summed E-state index contributed by atoms with van der Waals surface area (Å²) in [6.45, 7) is 1.36. The van der Waals surface area contributed by atoms with Gasteiger partial charge < -0.3 is 14.8 Å². The van der Waals surface area contributed by atoms with Gasteiger partial charge in [-0.1, -0.05) is 30.3 Å². The third-order valence-corrected chi connectivity index (χ3v) is 1.39. The van der Waals surface area contributed by atoms with Gasteiger partial charge in [0.25, 0.3) is 0 Å². The van der Waals surface area contributed by atoms with Gasteiger partial charge in [-0.15, -0.1) is 0 Å². The Bertz CT molecular complexity index is 261. The first kappa shape index (κ1) is 12.7. The van der Waals surface area contributed by atoms with Crippen molar-refractivity contribution in [2.45, 2.75) is 6.92 Å². The van der Waals surface area contributed by atoms with Crippen LogP contribution in [0.3, 0.4) is 0 Å². The van der Waals surface area contributed by atoms with Crippen LogP contribution >= 0.6 is 0 Å². The maximum Gasteiger partial charge on any atom is 0.488 e. The third kappa shape index (κ3) is 6.22. The van der Waals surface area contributed by atoms with E-state index in [4.69, 9.17) is 10.0 Å². The van der Waals surface area contributed by atoms with Gasteiger partial charge >= 0.3 is 13.1 Å². The van der Waals surface area contributed by atoms with Gasteiger partial charge in [0, 0.05) is 6.92 Å². The number of hydrogen-bond donors (Lipinski definition) is 2. The predicted molar refractivity (Wildman–Crippen MR) is 54.0 cm³/mol. The van der Waals surface area contributed by atoms with Crippen molar-refractivity contribution in [3.63, 3.8) is 0 Å². The molecule has 0 spiro atoms. The highest BCUT2D eigenvalue weighted by Gasteiger charge is 2.07. The molecule has 2 N–H and O–H groups in total. The molecular weight excluding hydrogens is 183 g/mol. The lowest BCUT2D eigenvalue weighted by molar-refractivity contribution is -0.137. The number of ether oxygens (including phenoxy) is 1. The van der Waals surface area contributed by atoms with E-state index >= 15 is 0 Å². The standard InChI is InChI=1S/C6H7BO2.C3H6O2/c8-7(9)6-4-2-1-3-5-6;1-3(4)5-2/h1-5,8-9H;1-2H3. The summed E-state index contributed by atoms with van der Waals surface area (Å²) in [5, 5.41) is 17.2. The van der Waals surface area contributed by atoms with Gasteiger partial charge in [0.2, 0.25) is 0 Å². The molecule has 0 aromatic heterocycles. The Hall–Kier alpha value is -1.33. The van der Waals surface area contributed by atoms with Crippen molar-refractivity contribution in [3.8, 4) is 0 Å². The number of carbonyl (C=O) groups excluding carboxylic acids is 1. The van der Waals surface area contributed by atoms with Crippen LogP contribution in [-0.2, 0) is 9.53 Å². The SMILES string of the molecule is COC(C)=O.OB(O)c1ccccc1. The smallest absolute Gasteiger partial charge is 0.469 e. The Morgan fingerprint density at radius 1 is 1.29 bits per heavy atom. The summed E-state index contributed by atoms with van der Waals surface area (Å²) in [6.07, 6.45) is 0. The number of methoxy groups -OCH3 is 1. The zero-order valence-corrected chi connectivity index (χ0v) is 8.18. The molecule has 14 heavy (non-hydrogen) atoms. The molecule has 0 radical (unpaired) electrons. The molecule has 0 aliphatic rings. The second-order valence-corrected chi connectivity index (χ2v) is 2.48. The molecule has 0 saturated carbocycles. The minimum absolute atomic E-state index is 0.245. The molecule has 1 rings (SSSR count). The van der Waals surface area contributed by atoms with Crippen molar-refractivity contribution in [2.24, 2.45) is 0 Å². The molecule has 0 atom stereocenters. The van der Waals surface area contributed by atoms with Gasteiger partial charge in [-0.2, -0.15) is 0 Å². The molecular formula is C9H13BO4. The van der Waals surface area contributed by atoms with Crippen LogP contribution in [0, 0.1) is 0 Å². The van der Waals surface area contributed by atoms with E-state index in [2.05, 4.69) is 4.74 Å². The minimum Gasteiger partial charge on any atom is -0.469 e. The summed E-state index contributed by atoms with van der Waals surface area (Å²) in [7, 11) is 0.00806. The average Bonchev–Trinajstić information content (AvgIpc) is 2.20. The quantitative estimate of drug-likeness (QED) is 0.471. The van der Waals surface area contributed by atoms with E-state index in [1.165, 1.54) is 14.0 Å². The summed E-state index contributed by atoms with van der Waals surface area (Å²) >= 11 is 0. The summed E-state index contributed by atoms with van der Waals surface area (Å²) in [6, 6.07) is 8.66. The molecule has 0 bridgehead atoms. The molecule has 1 aromatic rings. The van der Waals surface area contributed by atoms with Crippen molar-refractivity contribution >= 4 is 18.6 Å². The summed E-state index contributed by atoms with van der Waals surface area (Å²) in [4.78, 5) is 9.59. The van der Waals surface area contributed by atoms with E-state index in [0.717, 1.165) is 0 Å². The first-order valence-electron chi connectivity index (χ1n) is 4.03. The molecule has 0 heterocycles. The Morgan fingerprint density at radius 3 is 1.93 bits per heavy atom. The summed E-state index contributed by atoms with van der Waals surface area (Å²) < 4.78 is 4.11. The first-order chi connectivity index (χ1) is 6.57. The van der Waals surface area contributed by atoms with Crippen LogP contribution in [0.5, 0.6) is 0 Å². The zero-order valence-electron chi connectivity index (χ0n) is 8.18. The van der Waals surface area contributed by atoms with E-state index in [-0.39, 0.29) is 5.97 Å². The van der Waals surface area contributed by atoms with Crippen molar-refractivity contribution in [3.05, 3.63) is 30.3 Å². The lowest BCUT2D eigenvalue weighted by Crippen LogP contribution is -2.29. The summed E-state index contributed by atoms with van der Waals surface area (Å²) in [5.74, 6) is -0.245. The normalized spacial score (nSPS) is 8.29. The van der Waals surface area contributed by atoms with Crippen molar-refractivity contribution in [1.82, 2.24) is 0 Å². The largest absolute Gasteiger partial charge is 0.488 e. The second kappa shape index (κ2) is 7.11. The van der Waals surface area contributed by atoms with E-state index in [1.54, 1.807) is 24.3 Å². The Labute approximate surface area is 83.3 Å². The molecule has 1 aromatic carbocycles. The zero-order chi connectivity index (χ0) is 11.0. The Morgan fingerprint density at radius 2 is 1.71 bits per heavy atom. The van der Waals surface area contributed by atoms with Gasteiger partial charge in [0.05, 0.1) is 7.11 Å². The van der Waals surface area contributed by atoms with Crippen molar-refractivity contribution in [2.75, 3.05) is 7.11 Å². The molecule has 0 aliphatic carbocycles. The van der Waals surface area contributed by atoms with E-state index in [0.29, 0.717) is 5.46 Å². The molecule has 4 nitrogen and oxygen atoms in total. The van der Waals surface area contributed by atoms with Crippen LogP contribution in [0.2, 0.25) is 0 Å². The maximum atomic E-state index is 9.59. The maximum absolute atomic E-state index is 9.59. The van der Waals surface area contributed by atoms with E-state index < -0.39 is 7.12 Å². The molecule has 5 heteroatoms. The van der Waals surface area contributed by atoms with E-state index in [9.17, 15) is 4.79 Å². The highest BCUT2D eigenvalue weighted by atomic mass is 16.5. The first-order valence-corrected chi connectivity index (χ1v) is 4.03. The van der Waals surface area contributed by atoms with E-state index in [1.807, 2.05) is 6.07 Å². The number of benzene rings is 1. The van der Waals surface area contributed by atoms with Crippen molar-refractivity contribution in [1.29, 1.82) is 0 Å². The van der Waals surface area contributed by atoms with Gasteiger partial charge in [0.15, 0.2) is 0 Å². The Kier molecular flexibility index (Phi) is 6.44. The topological polar surface area (TPSA) is 66.8 Å². The van der Waals surface area contributed by atoms with Gasteiger partial charge in [0.1, 0.15) is 0 Å². The van der Waals surface area contributed by atoms with Crippen LogP contribution in [0.4, 0.5) is 0 Å². The average molecular weight is 196 g/mol. The molecule has 0 saturated heterocycles. The lowest BCUT2D eigenvalue weighted by atomic mass is 9.81. The van der Waals surface area contributed by atoms with Crippen LogP contribution in [0.15, 0.2) is 30.3 Å². The van der Waals surface area contributed by atoms with Gasteiger partial charge in [-0.3, -0.25) is 4.79 Å². The fourth-order valence-corrected chi connectivity index (χ4v) is 0.625. The number of esters is 1. The lowest BCUT2D eigenvalue weighted by Gasteiger charge is -1.94. The predicted octanol–water partition coefficient (Wildman–Crippen LogP) is -0.454.